The molecule has 3 nitrogen and oxygen atoms in total. The maximum absolute atomic E-state index is 11.6. The molecule has 1 fully saturated rings. The van der Waals surface area contributed by atoms with E-state index in [1.54, 1.807) is 24.3 Å². The van der Waals surface area contributed by atoms with Crippen molar-refractivity contribution in [3.05, 3.63) is 35.9 Å². The van der Waals surface area contributed by atoms with Crippen molar-refractivity contribution in [1.82, 2.24) is 0 Å². The summed E-state index contributed by atoms with van der Waals surface area (Å²) in [6.07, 6.45) is 3.45. The van der Waals surface area contributed by atoms with Gasteiger partial charge in [-0.1, -0.05) is 30.0 Å². The van der Waals surface area contributed by atoms with Gasteiger partial charge in [0.1, 0.15) is 5.60 Å². The molecule has 0 atom stereocenters. The Balaban J connectivity index is 1.82. The highest BCUT2D eigenvalue weighted by Crippen LogP contribution is 2.28. The second kappa shape index (κ2) is 5.70. The van der Waals surface area contributed by atoms with Crippen LogP contribution < -0.4 is 0 Å². The summed E-state index contributed by atoms with van der Waals surface area (Å²) in [6, 6.07) is 8.79. The lowest BCUT2D eigenvalue weighted by Gasteiger charge is -2.12. The Morgan fingerprint density at radius 2 is 1.94 bits per heavy atom. The summed E-state index contributed by atoms with van der Waals surface area (Å²) in [5.74, 6) is 5.13. The van der Waals surface area contributed by atoms with Crippen LogP contribution in [0.25, 0.3) is 0 Å². The van der Waals surface area contributed by atoms with Gasteiger partial charge < -0.3 is 9.84 Å². The molecular weight excluding hydrogens is 228 g/mol. The average Bonchev–Trinajstić information content (AvgIpc) is 2.83. The summed E-state index contributed by atoms with van der Waals surface area (Å²) in [6.45, 7) is 0.0238. The summed E-state index contributed by atoms with van der Waals surface area (Å²) in [5, 5.41) is 9.96. The van der Waals surface area contributed by atoms with Crippen LogP contribution in [0, 0.1) is 11.8 Å². The lowest BCUT2D eigenvalue weighted by molar-refractivity contribution is 0.0554. The Morgan fingerprint density at radius 3 is 2.61 bits per heavy atom. The molecule has 0 heterocycles. The van der Waals surface area contributed by atoms with Gasteiger partial charge in [-0.15, -0.1) is 0 Å². The van der Waals surface area contributed by atoms with Gasteiger partial charge in [-0.2, -0.15) is 0 Å². The first-order valence-electron chi connectivity index (χ1n) is 6.14. The minimum absolute atomic E-state index is 0.0238. The fourth-order valence-electron chi connectivity index (χ4n) is 2.04. The molecule has 0 radical (unpaired) electrons. The van der Waals surface area contributed by atoms with Gasteiger partial charge >= 0.3 is 5.97 Å². The number of carbonyl (C=O) groups is 1. The monoisotopic (exact) mass is 244 g/mol. The molecule has 1 aliphatic rings. The van der Waals surface area contributed by atoms with Crippen molar-refractivity contribution in [2.45, 2.75) is 31.3 Å². The van der Waals surface area contributed by atoms with Crippen LogP contribution in [0.5, 0.6) is 0 Å². The molecule has 0 saturated heterocycles. The highest BCUT2D eigenvalue weighted by Gasteiger charge is 2.28. The van der Waals surface area contributed by atoms with Crippen molar-refractivity contribution < 1.29 is 14.6 Å². The summed E-state index contributed by atoms with van der Waals surface area (Å²) in [4.78, 5) is 11.6. The third-order valence-corrected chi connectivity index (χ3v) is 3.04. The van der Waals surface area contributed by atoms with Crippen molar-refractivity contribution >= 4 is 5.97 Å². The van der Waals surface area contributed by atoms with Crippen LogP contribution in [0.3, 0.4) is 0 Å². The van der Waals surface area contributed by atoms with Crippen molar-refractivity contribution in [2.24, 2.45) is 0 Å². The van der Waals surface area contributed by atoms with E-state index in [4.69, 9.17) is 4.74 Å². The fraction of sp³-hybridized carbons (Fsp3) is 0.400. The van der Waals surface area contributed by atoms with Gasteiger partial charge in [0.25, 0.3) is 0 Å². The van der Waals surface area contributed by atoms with E-state index in [2.05, 4.69) is 11.8 Å². The van der Waals surface area contributed by atoms with Gasteiger partial charge in [0.05, 0.1) is 5.56 Å². The molecule has 2 rings (SSSR count). The van der Waals surface area contributed by atoms with Crippen molar-refractivity contribution in [3.8, 4) is 11.8 Å². The topological polar surface area (TPSA) is 46.5 Å². The summed E-state index contributed by atoms with van der Waals surface area (Å²) in [5.41, 5.74) is -0.349. The first kappa shape index (κ1) is 12.7. The molecule has 18 heavy (non-hydrogen) atoms. The minimum atomic E-state index is -0.862. The molecule has 94 valence electrons. The Morgan fingerprint density at radius 1 is 1.28 bits per heavy atom. The van der Waals surface area contributed by atoms with E-state index in [9.17, 15) is 9.90 Å². The largest absolute Gasteiger partial charge is 0.449 e. The van der Waals surface area contributed by atoms with Crippen LogP contribution >= 0.6 is 0 Å². The third kappa shape index (κ3) is 3.35. The maximum atomic E-state index is 11.6. The molecule has 1 aliphatic carbocycles. The van der Waals surface area contributed by atoms with E-state index in [1.165, 1.54) is 0 Å². The number of rotatable bonds is 2. The molecule has 1 saturated carbocycles. The first-order valence-corrected chi connectivity index (χ1v) is 6.14. The average molecular weight is 244 g/mol. The molecule has 0 aliphatic heterocycles. The second-order valence-corrected chi connectivity index (χ2v) is 4.48. The summed E-state index contributed by atoms with van der Waals surface area (Å²) >= 11 is 0. The molecule has 1 N–H and O–H groups in total. The molecule has 0 bridgehead atoms. The molecular formula is C15H16O3. The minimum Gasteiger partial charge on any atom is -0.449 e. The second-order valence-electron chi connectivity index (χ2n) is 4.48. The quantitative estimate of drug-likeness (QED) is 0.640. The van der Waals surface area contributed by atoms with Gasteiger partial charge in [-0.25, -0.2) is 4.79 Å². The number of esters is 1. The third-order valence-electron chi connectivity index (χ3n) is 3.04. The Hall–Kier alpha value is -1.79. The van der Waals surface area contributed by atoms with Crippen LogP contribution in [0.2, 0.25) is 0 Å². The van der Waals surface area contributed by atoms with Gasteiger partial charge in [0, 0.05) is 0 Å². The zero-order valence-electron chi connectivity index (χ0n) is 10.2. The summed E-state index contributed by atoms with van der Waals surface area (Å²) in [7, 11) is 0. The molecule has 1 aromatic rings. The predicted octanol–water partition coefficient (Wildman–Crippen LogP) is 2.15. The first-order chi connectivity index (χ1) is 8.70. The van der Waals surface area contributed by atoms with Gasteiger partial charge in [0.15, 0.2) is 6.61 Å². The van der Waals surface area contributed by atoms with Gasteiger partial charge in [-0.05, 0) is 37.8 Å². The lowest BCUT2D eigenvalue weighted by Crippen LogP contribution is -2.21. The number of hydrogen-bond acceptors (Lipinski definition) is 3. The molecule has 3 heteroatoms. The Labute approximate surface area is 107 Å². The Bertz CT molecular complexity index is 462. The molecule has 0 aromatic heterocycles. The van der Waals surface area contributed by atoms with Crippen LogP contribution in [0.4, 0.5) is 0 Å². The van der Waals surface area contributed by atoms with Crippen LogP contribution in [0.15, 0.2) is 30.3 Å². The molecule has 0 amide bonds. The van der Waals surface area contributed by atoms with E-state index in [1.807, 2.05) is 6.07 Å². The number of aliphatic hydroxyl groups is 1. The highest BCUT2D eigenvalue weighted by molar-refractivity contribution is 5.89. The van der Waals surface area contributed by atoms with E-state index in [0.29, 0.717) is 18.4 Å². The van der Waals surface area contributed by atoms with Crippen LogP contribution in [-0.4, -0.2) is 23.3 Å². The zero-order chi connectivity index (χ0) is 12.8. The van der Waals surface area contributed by atoms with E-state index >= 15 is 0 Å². The summed E-state index contributed by atoms with van der Waals surface area (Å²) < 4.78 is 5.01. The van der Waals surface area contributed by atoms with E-state index in [-0.39, 0.29) is 12.6 Å². The number of benzene rings is 1. The predicted molar refractivity (Wildman–Crippen MR) is 67.9 cm³/mol. The van der Waals surface area contributed by atoms with Crippen molar-refractivity contribution in [1.29, 1.82) is 0 Å². The maximum Gasteiger partial charge on any atom is 0.339 e. The van der Waals surface area contributed by atoms with Crippen molar-refractivity contribution in [2.75, 3.05) is 6.61 Å². The van der Waals surface area contributed by atoms with E-state index < -0.39 is 5.60 Å². The smallest absolute Gasteiger partial charge is 0.339 e. The van der Waals surface area contributed by atoms with Crippen molar-refractivity contribution in [3.63, 3.8) is 0 Å². The van der Waals surface area contributed by atoms with E-state index in [0.717, 1.165) is 12.8 Å². The highest BCUT2D eigenvalue weighted by atomic mass is 16.5. The number of hydrogen-bond donors (Lipinski definition) is 1. The van der Waals surface area contributed by atoms with Gasteiger partial charge in [0.2, 0.25) is 0 Å². The number of ether oxygens (including phenoxy) is 1. The Kier molecular flexibility index (Phi) is 4.01. The zero-order valence-corrected chi connectivity index (χ0v) is 10.2. The standard InChI is InChI=1S/C15H16O3/c16-14(13-7-2-1-3-8-13)18-12-6-11-15(17)9-4-5-10-15/h1-3,7-8,17H,4-5,9-10,12H2. The number of carbonyl (C=O) groups excluding carboxylic acids is 1. The van der Waals surface area contributed by atoms with Crippen LogP contribution in [0.1, 0.15) is 36.0 Å². The SMILES string of the molecule is O=C(OCC#CC1(O)CCCC1)c1ccccc1. The lowest BCUT2D eigenvalue weighted by atomic mass is 10.0. The van der Waals surface area contributed by atoms with Gasteiger partial charge in [-0.3, -0.25) is 0 Å². The normalized spacial score (nSPS) is 16.7. The molecule has 0 unspecified atom stereocenters. The molecule has 0 spiro atoms. The van der Waals surface area contributed by atoms with Crippen LogP contribution in [-0.2, 0) is 4.74 Å². The fourth-order valence-corrected chi connectivity index (χ4v) is 2.04. The molecule has 1 aromatic carbocycles.